The molecule has 2 heterocycles. The summed E-state index contributed by atoms with van der Waals surface area (Å²) in [6, 6.07) is 15.2. The Morgan fingerprint density at radius 1 is 1.03 bits per heavy atom. The summed E-state index contributed by atoms with van der Waals surface area (Å²) >= 11 is 0. The lowest BCUT2D eigenvalue weighted by Crippen LogP contribution is -2.47. The number of carbonyl (C=O) groups excluding carboxylic acids is 1. The number of carbonyl (C=O) groups is 1. The molecule has 31 heavy (non-hydrogen) atoms. The molecule has 0 saturated carbocycles. The number of hydrogen-bond donors (Lipinski definition) is 1. The molecule has 1 N–H and O–H groups in total. The van der Waals surface area contributed by atoms with Gasteiger partial charge in [-0.25, -0.2) is 8.42 Å². The van der Waals surface area contributed by atoms with Crippen LogP contribution in [0.5, 0.6) is 0 Å². The van der Waals surface area contributed by atoms with Gasteiger partial charge in [0.2, 0.25) is 10.0 Å². The van der Waals surface area contributed by atoms with E-state index in [1.807, 2.05) is 36.4 Å². The number of hydrogen-bond acceptors (Lipinski definition) is 5. The summed E-state index contributed by atoms with van der Waals surface area (Å²) in [6.45, 7) is 5.20. The minimum atomic E-state index is -3.30. The Labute approximate surface area is 184 Å². The Hall–Kier alpha value is -2.42. The lowest BCUT2D eigenvalue weighted by molar-refractivity contribution is 0.0907. The molecule has 0 aliphatic carbocycles. The number of nitrogens with one attached hydrogen (secondary N) is 1. The SMILES string of the molecule is CN1CCN(CC(NC(=O)c2ccc3c(c2)CCN3S(C)(=O)=O)c2ccccc2)CC1. The predicted molar refractivity (Wildman–Crippen MR) is 123 cm³/mol. The van der Waals surface area contributed by atoms with E-state index in [2.05, 4.69) is 22.2 Å². The molecule has 0 radical (unpaired) electrons. The number of fused-ring (bicyclic) bond motifs is 1. The van der Waals surface area contributed by atoms with Gasteiger partial charge in [0.05, 0.1) is 18.0 Å². The zero-order valence-corrected chi connectivity index (χ0v) is 18.9. The summed E-state index contributed by atoms with van der Waals surface area (Å²) in [5, 5.41) is 3.21. The lowest BCUT2D eigenvalue weighted by atomic mass is 10.0. The third-order valence-electron chi connectivity index (χ3n) is 6.14. The van der Waals surface area contributed by atoms with Crippen LogP contribution in [0.1, 0.15) is 27.5 Å². The van der Waals surface area contributed by atoms with Gasteiger partial charge in [0.15, 0.2) is 0 Å². The highest BCUT2D eigenvalue weighted by Crippen LogP contribution is 2.31. The van der Waals surface area contributed by atoms with Crippen molar-refractivity contribution in [3.63, 3.8) is 0 Å². The van der Waals surface area contributed by atoms with Crippen molar-refractivity contribution in [3.05, 3.63) is 65.2 Å². The van der Waals surface area contributed by atoms with Gasteiger partial charge in [-0.15, -0.1) is 0 Å². The normalized spacial score (nSPS) is 18.6. The van der Waals surface area contributed by atoms with E-state index in [4.69, 9.17) is 0 Å². The van der Waals surface area contributed by atoms with E-state index in [0.29, 0.717) is 24.2 Å². The first-order chi connectivity index (χ1) is 14.8. The molecule has 7 nitrogen and oxygen atoms in total. The molecule has 2 aliphatic heterocycles. The molecule has 1 atom stereocenters. The van der Waals surface area contributed by atoms with Gasteiger partial charge < -0.3 is 10.2 Å². The monoisotopic (exact) mass is 442 g/mol. The van der Waals surface area contributed by atoms with Crippen LogP contribution in [0.3, 0.4) is 0 Å². The zero-order valence-electron chi connectivity index (χ0n) is 18.1. The van der Waals surface area contributed by atoms with Crippen molar-refractivity contribution in [1.82, 2.24) is 15.1 Å². The van der Waals surface area contributed by atoms with Crippen LogP contribution in [0.25, 0.3) is 0 Å². The van der Waals surface area contributed by atoms with Gasteiger partial charge in [-0.1, -0.05) is 30.3 Å². The average molecular weight is 443 g/mol. The number of anilines is 1. The molecule has 1 saturated heterocycles. The fourth-order valence-corrected chi connectivity index (χ4v) is 5.27. The summed E-state index contributed by atoms with van der Waals surface area (Å²) in [5.74, 6) is -0.136. The standard InChI is InChI=1S/C23H30N4O3S/c1-25-12-14-26(15-13-25)17-21(18-6-4-3-5-7-18)24-23(28)20-8-9-22-19(16-20)10-11-27(22)31(2,29)30/h3-9,16,21H,10-15,17H2,1-2H3,(H,24,28). The van der Waals surface area contributed by atoms with Crippen LogP contribution in [-0.4, -0.2) is 76.7 Å². The van der Waals surface area contributed by atoms with Crippen molar-refractivity contribution >= 4 is 21.6 Å². The maximum atomic E-state index is 13.1. The van der Waals surface area contributed by atoms with Gasteiger partial charge in [-0.3, -0.25) is 14.0 Å². The summed E-state index contributed by atoms with van der Waals surface area (Å²) in [5.41, 5.74) is 3.22. The first-order valence-corrected chi connectivity index (χ1v) is 12.5. The summed E-state index contributed by atoms with van der Waals surface area (Å²) in [6.07, 6.45) is 1.83. The van der Waals surface area contributed by atoms with Crippen LogP contribution < -0.4 is 9.62 Å². The Morgan fingerprint density at radius 3 is 2.42 bits per heavy atom. The Morgan fingerprint density at radius 2 is 1.74 bits per heavy atom. The fourth-order valence-electron chi connectivity index (χ4n) is 4.31. The maximum Gasteiger partial charge on any atom is 0.251 e. The van der Waals surface area contributed by atoms with Crippen molar-refractivity contribution in [2.24, 2.45) is 0 Å². The van der Waals surface area contributed by atoms with Gasteiger partial charge in [0.25, 0.3) is 5.91 Å². The molecule has 2 aromatic rings. The molecule has 1 fully saturated rings. The van der Waals surface area contributed by atoms with E-state index in [-0.39, 0.29) is 11.9 Å². The van der Waals surface area contributed by atoms with E-state index >= 15 is 0 Å². The van der Waals surface area contributed by atoms with E-state index in [0.717, 1.165) is 43.9 Å². The van der Waals surface area contributed by atoms with Crippen molar-refractivity contribution in [1.29, 1.82) is 0 Å². The minimum absolute atomic E-state index is 0.113. The van der Waals surface area contributed by atoms with Crippen molar-refractivity contribution in [2.45, 2.75) is 12.5 Å². The maximum absolute atomic E-state index is 13.1. The highest BCUT2D eigenvalue weighted by Gasteiger charge is 2.27. The number of piperazine rings is 1. The zero-order chi connectivity index (χ0) is 22.0. The topological polar surface area (TPSA) is 73.0 Å². The number of nitrogens with zero attached hydrogens (tertiary/aromatic N) is 3. The summed E-state index contributed by atoms with van der Waals surface area (Å²) in [4.78, 5) is 17.8. The fraction of sp³-hybridized carbons (Fsp3) is 0.435. The number of sulfonamides is 1. The first kappa shape index (κ1) is 21.8. The molecular weight excluding hydrogens is 412 g/mol. The molecule has 0 spiro atoms. The number of likely N-dealkylation sites (N-methyl/N-ethyl adjacent to an activating group) is 1. The van der Waals surface area contributed by atoms with Crippen LogP contribution in [0.15, 0.2) is 48.5 Å². The second-order valence-electron chi connectivity index (χ2n) is 8.47. The van der Waals surface area contributed by atoms with E-state index in [1.54, 1.807) is 12.1 Å². The number of rotatable bonds is 6. The second-order valence-corrected chi connectivity index (χ2v) is 10.4. The molecule has 2 aromatic carbocycles. The van der Waals surface area contributed by atoms with Crippen molar-refractivity contribution in [2.75, 3.05) is 56.9 Å². The van der Waals surface area contributed by atoms with Crippen molar-refractivity contribution in [3.8, 4) is 0 Å². The lowest BCUT2D eigenvalue weighted by Gasteiger charge is -2.35. The molecule has 0 bridgehead atoms. The summed E-state index contributed by atoms with van der Waals surface area (Å²) in [7, 11) is -1.17. The van der Waals surface area contributed by atoms with Crippen LogP contribution in [0.2, 0.25) is 0 Å². The van der Waals surface area contributed by atoms with Crippen molar-refractivity contribution < 1.29 is 13.2 Å². The molecule has 4 rings (SSSR count). The molecule has 166 valence electrons. The average Bonchev–Trinajstić information content (AvgIpc) is 3.19. The van der Waals surface area contributed by atoms with Crippen LogP contribution >= 0.6 is 0 Å². The minimum Gasteiger partial charge on any atom is -0.344 e. The van der Waals surface area contributed by atoms with Crippen LogP contribution in [0.4, 0.5) is 5.69 Å². The largest absolute Gasteiger partial charge is 0.344 e. The van der Waals surface area contributed by atoms with Gasteiger partial charge in [0.1, 0.15) is 0 Å². The highest BCUT2D eigenvalue weighted by atomic mass is 32.2. The summed E-state index contributed by atoms with van der Waals surface area (Å²) < 4.78 is 25.3. The number of benzene rings is 2. The molecule has 8 heteroatoms. The Kier molecular flexibility index (Phi) is 6.31. The third kappa shape index (κ3) is 5.08. The quantitative estimate of drug-likeness (QED) is 0.738. The Bertz CT molecular complexity index is 1030. The molecule has 0 aromatic heterocycles. The predicted octanol–water partition coefficient (Wildman–Crippen LogP) is 1.73. The van der Waals surface area contributed by atoms with Crippen LogP contribution in [0, 0.1) is 0 Å². The molecule has 2 aliphatic rings. The van der Waals surface area contributed by atoms with Gasteiger partial charge in [-0.05, 0) is 42.8 Å². The van der Waals surface area contributed by atoms with E-state index in [1.165, 1.54) is 10.6 Å². The van der Waals surface area contributed by atoms with Crippen LogP contribution in [-0.2, 0) is 16.4 Å². The van der Waals surface area contributed by atoms with Gasteiger partial charge in [-0.2, -0.15) is 0 Å². The smallest absolute Gasteiger partial charge is 0.251 e. The third-order valence-corrected chi connectivity index (χ3v) is 7.32. The van der Waals surface area contributed by atoms with Gasteiger partial charge in [0, 0.05) is 44.8 Å². The number of amides is 1. The molecular formula is C23H30N4O3S. The van der Waals surface area contributed by atoms with E-state index in [9.17, 15) is 13.2 Å². The van der Waals surface area contributed by atoms with E-state index < -0.39 is 10.0 Å². The molecule has 1 unspecified atom stereocenters. The second kappa shape index (κ2) is 8.98. The molecule has 1 amide bonds. The van der Waals surface area contributed by atoms with Gasteiger partial charge >= 0.3 is 0 Å². The first-order valence-electron chi connectivity index (χ1n) is 10.7. The Balaban J connectivity index is 1.51. The highest BCUT2D eigenvalue weighted by molar-refractivity contribution is 7.92.